The Morgan fingerprint density at radius 1 is 1.00 bits per heavy atom. The Balaban J connectivity index is 1.44. The van der Waals surface area contributed by atoms with Crippen molar-refractivity contribution in [1.82, 2.24) is 24.9 Å². The van der Waals surface area contributed by atoms with Gasteiger partial charge in [-0.05, 0) is 56.3 Å². The molecule has 2 aromatic rings. The van der Waals surface area contributed by atoms with Gasteiger partial charge in [-0.15, -0.1) is 0 Å². The zero-order chi connectivity index (χ0) is 19.6. The zero-order valence-electron chi connectivity index (χ0n) is 15.7. The lowest BCUT2D eigenvalue weighted by Gasteiger charge is -2.43. The van der Waals surface area contributed by atoms with Gasteiger partial charge >= 0.3 is 0 Å². The van der Waals surface area contributed by atoms with E-state index in [-0.39, 0.29) is 17.6 Å². The summed E-state index contributed by atoms with van der Waals surface area (Å²) >= 11 is 0. The molecule has 28 heavy (non-hydrogen) atoms. The minimum Gasteiger partial charge on any atom is -0.337 e. The Morgan fingerprint density at radius 2 is 1.64 bits per heavy atom. The van der Waals surface area contributed by atoms with Crippen LogP contribution in [0.3, 0.4) is 0 Å². The second-order valence-corrected chi connectivity index (χ2v) is 7.32. The fourth-order valence-corrected chi connectivity index (χ4v) is 4.09. The molecule has 8 heteroatoms. The van der Waals surface area contributed by atoms with E-state index in [0.717, 1.165) is 13.1 Å². The SMILES string of the molecule is O=C(c1ccc(F)cc1)N1CCN(C(=O)C2(n3cccn3)CCNCC2)CC1. The largest absolute Gasteiger partial charge is 0.337 e. The predicted octanol–water partition coefficient (Wildman–Crippen LogP) is 1.09. The van der Waals surface area contributed by atoms with Crippen molar-refractivity contribution in [3.05, 3.63) is 54.1 Å². The molecule has 1 N–H and O–H groups in total. The van der Waals surface area contributed by atoms with Gasteiger partial charge in [0.1, 0.15) is 11.4 Å². The molecule has 2 aliphatic rings. The molecule has 4 rings (SSSR count). The molecule has 0 radical (unpaired) electrons. The number of rotatable bonds is 3. The van der Waals surface area contributed by atoms with Crippen LogP contribution < -0.4 is 5.32 Å². The standard InChI is InChI=1S/C20H24FN5O2/c21-17-4-2-16(3-5-17)18(27)24-12-14-25(15-13-24)19(28)20(6-9-22-10-7-20)26-11-1-8-23-26/h1-5,8,11,22H,6-7,9-10,12-15H2. The third-order valence-electron chi connectivity index (χ3n) is 5.72. The smallest absolute Gasteiger partial charge is 0.253 e. The first-order valence-corrected chi connectivity index (χ1v) is 9.65. The summed E-state index contributed by atoms with van der Waals surface area (Å²) in [7, 11) is 0. The number of nitrogens with one attached hydrogen (secondary N) is 1. The van der Waals surface area contributed by atoms with Crippen LogP contribution in [-0.4, -0.2) is 70.7 Å². The third kappa shape index (κ3) is 3.40. The third-order valence-corrected chi connectivity index (χ3v) is 5.72. The molecule has 3 heterocycles. The Kier molecular flexibility index (Phi) is 5.13. The van der Waals surface area contributed by atoms with Crippen LogP contribution in [0, 0.1) is 5.82 Å². The summed E-state index contributed by atoms with van der Waals surface area (Å²) < 4.78 is 14.9. The van der Waals surface area contributed by atoms with Gasteiger partial charge < -0.3 is 15.1 Å². The molecule has 148 valence electrons. The normalized spacial score (nSPS) is 19.5. The molecule has 0 aliphatic carbocycles. The molecule has 2 aliphatic heterocycles. The van der Waals surface area contributed by atoms with Gasteiger partial charge in [0.2, 0.25) is 0 Å². The van der Waals surface area contributed by atoms with Crippen LogP contribution in [0.1, 0.15) is 23.2 Å². The molecule has 0 bridgehead atoms. The topological polar surface area (TPSA) is 70.5 Å². The van der Waals surface area contributed by atoms with E-state index in [1.165, 1.54) is 24.3 Å². The second kappa shape index (κ2) is 7.71. The van der Waals surface area contributed by atoms with Crippen LogP contribution in [0.25, 0.3) is 0 Å². The van der Waals surface area contributed by atoms with E-state index in [2.05, 4.69) is 10.4 Å². The van der Waals surface area contributed by atoms with Crippen molar-refractivity contribution in [2.45, 2.75) is 18.4 Å². The zero-order valence-corrected chi connectivity index (χ0v) is 15.7. The van der Waals surface area contributed by atoms with Gasteiger partial charge in [-0.1, -0.05) is 0 Å². The number of piperidine rings is 1. The number of amides is 2. The lowest BCUT2D eigenvalue weighted by atomic mass is 9.86. The van der Waals surface area contributed by atoms with E-state index < -0.39 is 5.54 Å². The molecule has 0 spiro atoms. The molecule has 2 amide bonds. The predicted molar refractivity (Wildman–Crippen MR) is 101 cm³/mol. The number of hydrogen-bond donors (Lipinski definition) is 1. The van der Waals surface area contributed by atoms with Crippen molar-refractivity contribution >= 4 is 11.8 Å². The molecular weight excluding hydrogens is 361 g/mol. The molecule has 0 unspecified atom stereocenters. The highest BCUT2D eigenvalue weighted by molar-refractivity contribution is 5.94. The molecule has 2 saturated heterocycles. The highest BCUT2D eigenvalue weighted by atomic mass is 19.1. The Hall–Kier alpha value is -2.74. The first-order valence-electron chi connectivity index (χ1n) is 9.65. The summed E-state index contributed by atoms with van der Waals surface area (Å²) in [4.78, 5) is 29.6. The number of aromatic nitrogens is 2. The molecule has 7 nitrogen and oxygen atoms in total. The summed E-state index contributed by atoms with van der Waals surface area (Å²) in [6.45, 7) is 3.46. The number of benzene rings is 1. The lowest BCUT2D eigenvalue weighted by molar-refractivity contribution is -0.144. The quantitative estimate of drug-likeness (QED) is 0.859. The number of carbonyl (C=O) groups is 2. The van der Waals surface area contributed by atoms with Crippen molar-refractivity contribution in [1.29, 1.82) is 0 Å². The van der Waals surface area contributed by atoms with Crippen LogP contribution in [0.2, 0.25) is 0 Å². The maximum Gasteiger partial charge on any atom is 0.253 e. The minimum atomic E-state index is -0.655. The summed E-state index contributed by atoms with van der Waals surface area (Å²) in [5.74, 6) is -0.416. The summed E-state index contributed by atoms with van der Waals surface area (Å²) in [5, 5.41) is 7.68. The fourth-order valence-electron chi connectivity index (χ4n) is 4.09. The Morgan fingerprint density at radius 3 is 2.25 bits per heavy atom. The first-order chi connectivity index (χ1) is 13.6. The van der Waals surface area contributed by atoms with Crippen LogP contribution in [0.15, 0.2) is 42.7 Å². The average molecular weight is 385 g/mol. The molecular formula is C20H24FN5O2. The van der Waals surface area contributed by atoms with E-state index in [4.69, 9.17) is 0 Å². The van der Waals surface area contributed by atoms with E-state index in [0.29, 0.717) is 44.6 Å². The number of halogens is 1. The van der Waals surface area contributed by atoms with E-state index in [1.807, 2.05) is 17.2 Å². The van der Waals surface area contributed by atoms with Crippen molar-refractivity contribution in [2.75, 3.05) is 39.3 Å². The van der Waals surface area contributed by atoms with E-state index in [9.17, 15) is 14.0 Å². The van der Waals surface area contributed by atoms with Gasteiger partial charge in [-0.3, -0.25) is 14.3 Å². The molecule has 1 aromatic carbocycles. The van der Waals surface area contributed by atoms with Crippen LogP contribution in [0.4, 0.5) is 4.39 Å². The second-order valence-electron chi connectivity index (χ2n) is 7.32. The van der Waals surface area contributed by atoms with Crippen molar-refractivity contribution in [3.63, 3.8) is 0 Å². The van der Waals surface area contributed by atoms with Crippen LogP contribution >= 0.6 is 0 Å². The maximum atomic E-state index is 13.4. The van der Waals surface area contributed by atoms with Gasteiger partial charge in [0.05, 0.1) is 0 Å². The number of carbonyl (C=O) groups excluding carboxylic acids is 2. The van der Waals surface area contributed by atoms with Crippen LogP contribution in [-0.2, 0) is 10.3 Å². The first kappa shape index (κ1) is 18.6. The van der Waals surface area contributed by atoms with Crippen LogP contribution in [0.5, 0.6) is 0 Å². The van der Waals surface area contributed by atoms with Crippen molar-refractivity contribution in [2.24, 2.45) is 0 Å². The highest BCUT2D eigenvalue weighted by Crippen LogP contribution is 2.30. The van der Waals surface area contributed by atoms with Gasteiger partial charge in [0, 0.05) is 44.1 Å². The summed E-state index contributed by atoms with van der Waals surface area (Å²) in [5.41, 5.74) is -0.190. The van der Waals surface area contributed by atoms with E-state index in [1.54, 1.807) is 15.8 Å². The number of piperazine rings is 1. The monoisotopic (exact) mass is 385 g/mol. The van der Waals surface area contributed by atoms with Gasteiger partial charge in [-0.2, -0.15) is 5.10 Å². The Bertz CT molecular complexity index is 823. The molecule has 0 saturated carbocycles. The summed E-state index contributed by atoms with van der Waals surface area (Å²) in [6, 6.07) is 7.42. The molecule has 1 aromatic heterocycles. The Labute approximate surface area is 163 Å². The average Bonchev–Trinajstić information content (AvgIpc) is 3.29. The molecule has 0 atom stereocenters. The minimum absolute atomic E-state index is 0.0755. The molecule has 2 fully saturated rings. The van der Waals surface area contributed by atoms with Crippen molar-refractivity contribution < 1.29 is 14.0 Å². The highest BCUT2D eigenvalue weighted by Gasteiger charge is 2.45. The number of nitrogens with zero attached hydrogens (tertiary/aromatic N) is 4. The van der Waals surface area contributed by atoms with E-state index >= 15 is 0 Å². The van der Waals surface area contributed by atoms with Gasteiger partial charge in [0.25, 0.3) is 11.8 Å². The summed E-state index contributed by atoms with van der Waals surface area (Å²) in [6.07, 6.45) is 4.96. The maximum absolute atomic E-state index is 13.4. The van der Waals surface area contributed by atoms with Crippen molar-refractivity contribution in [3.8, 4) is 0 Å². The number of hydrogen-bond acceptors (Lipinski definition) is 4. The van der Waals surface area contributed by atoms with Gasteiger partial charge in [0.15, 0.2) is 0 Å². The van der Waals surface area contributed by atoms with Gasteiger partial charge in [-0.25, -0.2) is 4.39 Å². The lowest BCUT2D eigenvalue weighted by Crippen LogP contribution is -2.59. The fraction of sp³-hybridized carbons (Fsp3) is 0.450.